The summed E-state index contributed by atoms with van der Waals surface area (Å²) in [6.07, 6.45) is 4.66. The van der Waals surface area contributed by atoms with Crippen LogP contribution in [0.5, 0.6) is 0 Å². The highest BCUT2D eigenvalue weighted by atomic mass is 16.7. The van der Waals surface area contributed by atoms with E-state index in [1.807, 2.05) is 20.9 Å². The summed E-state index contributed by atoms with van der Waals surface area (Å²) in [5.41, 5.74) is -0.654. The molecule has 4 heteroatoms. The Hall–Kier alpha value is -0.160. The van der Waals surface area contributed by atoms with Gasteiger partial charge in [-0.2, -0.15) is 0 Å². The maximum Gasteiger partial charge on any atom is 0.168 e. The van der Waals surface area contributed by atoms with Crippen LogP contribution in [0.2, 0.25) is 0 Å². The summed E-state index contributed by atoms with van der Waals surface area (Å²) in [6.45, 7) is 5.82. The second-order valence-corrected chi connectivity index (χ2v) is 6.18. The Morgan fingerprint density at radius 2 is 2.00 bits per heavy atom. The summed E-state index contributed by atoms with van der Waals surface area (Å²) in [4.78, 5) is 2.11. The van der Waals surface area contributed by atoms with Gasteiger partial charge < -0.3 is 19.5 Å². The molecule has 0 radical (unpaired) electrons. The number of ether oxygens (including phenoxy) is 2. The molecule has 1 aliphatic carbocycles. The van der Waals surface area contributed by atoms with Gasteiger partial charge in [-0.05, 0) is 33.7 Å². The minimum Gasteiger partial charge on any atom is -0.389 e. The standard InChI is InChI=1S/C13H25NO3/c1-12(2,15)10-14(3)8-11-9-16-13(17-11)6-4-5-7-13/h11,15H,4-10H2,1-3H3. The quantitative estimate of drug-likeness (QED) is 0.810. The molecule has 1 spiro atoms. The van der Waals surface area contributed by atoms with Crippen LogP contribution in [-0.4, -0.2) is 54.2 Å². The molecule has 0 aromatic rings. The Morgan fingerprint density at radius 3 is 2.59 bits per heavy atom. The van der Waals surface area contributed by atoms with Crippen molar-refractivity contribution in [2.75, 3.05) is 26.7 Å². The molecule has 1 saturated heterocycles. The number of hydrogen-bond acceptors (Lipinski definition) is 4. The van der Waals surface area contributed by atoms with Crippen LogP contribution in [0.4, 0.5) is 0 Å². The Kier molecular flexibility index (Phi) is 3.78. The number of nitrogens with zero attached hydrogens (tertiary/aromatic N) is 1. The first-order valence-corrected chi connectivity index (χ1v) is 6.61. The first-order valence-electron chi connectivity index (χ1n) is 6.61. The molecule has 1 unspecified atom stereocenters. The predicted molar refractivity (Wildman–Crippen MR) is 65.8 cm³/mol. The topological polar surface area (TPSA) is 41.9 Å². The zero-order valence-electron chi connectivity index (χ0n) is 11.2. The molecule has 0 aromatic heterocycles. The molecule has 0 aromatic carbocycles. The monoisotopic (exact) mass is 243 g/mol. The van der Waals surface area contributed by atoms with Gasteiger partial charge in [0.2, 0.25) is 0 Å². The molecule has 1 N–H and O–H groups in total. The fourth-order valence-corrected chi connectivity index (χ4v) is 2.96. The first-order chi connectivity index (χ1) is 7.89. The molecule has 2 aliphatic rings. The van der Waals surface area contributed by atoms with Crippen molar-refractivity contribution in [3.8, 4) is 0 Å². The largest absolute Gasteiger partial charge is 0.389 e. The number of hydrogen-bond donors (Lipinski definition) is 1. The third kappa shape index (κ3) is 3.65. The van der Waals surface area contributed by atoms with Crippen LogP contribution in [0.15, 0.2) is 0 Å². The van der Waals surface area contributed by atoms with Crippen molar-refractivity contribution in [1.82, 2.24) is 4.90 Å². The highest BCUT2D eigenvalue weighted by molar-refractivity contribution is 4.85. The van der Waals surface area contributed by atoms with Crippen molar-refractivity contribution in [3.63, 3.8) is 0 Å². The van der Waals surface area contributed by atoms with Crippen LogP contribution in [0, 0.1) is 0 Å². The lowest BCUT2D eigenvalue weighted by molar-refractivity contribution is -0.163. The average Bonchev–Trinajstić information content (AvgIpc) is 2.75. The lowest BCUT2D eigenvalue weighted by Gasteiger charge is -2.28. The normalized spacial score (nSPS) is 28.4. The minimum absolute atomic E-state index is 0.153. The van der Waals surface area contributed by atoms with Gasteiger partial charge in [0, 0.05) is 25.9 Å². The number of rotatable bonds is 4. The maximum absolute atomic E-state index is 9.75. The van der Waals surface area contributed by atoms with E-state index < -0.39 is 5.60 Å². The summed E-state index contributed by atoms with van der Waals surface area (Å²) in [5.74, 6) is -0.264. The van der Waals surface area contributed by atoms with E-state index in [9.17, 15) is 5.11 Å². The molecule has 0 bridgehead atoms. The zero-order chi connectivity index (χ0) is 12.5. The molecular weight excluding hydrogens is 218 g/mol. The molecule has 0 amide bonds. The number of likely N-dealkylation sites (N-methyl/N-ethyl adjacent to an activating group) is 1. The van der Waals surface area contributed by atoms with Crippen molar-refractivity contribution in [3.05, 3.63) is 0 Å². The second-order valence-electron chi connectivity index (χ2n) is 6.18. The predicted octanol–water partition coefficient (Wildman–Crippen LogP) is 1.37. The fourth-order valence-electron chi connectivity index (χ4n) is 2.96. The molecule has 1 atom stereocenters. The molecule has 2 fully saturated rings. The van der Waals surface area contributed by atoms with Gasteiger partial charge in [-0.1, -0.05) is 0 Å². The summed E-state index contributed by atoms with van der Waals surface area (Å²) in [7, 11) is 2.01. The SMILES string of the molecule is CN(CC1COC2(CCCC2)O1)CC(C)(C)O. The van der Waals surface area contributed by atoms with Gasteiger partial charge in [0.25, 0.3) is 0 Å². The van der Waals surface area contributed by atoms with Gasteiger partial charge in [0.05, 0.1) is 18.3 Å². The van der Waals surface area contributed by atoms with Gasteiger partial charge in [-0.15, -0.1) is 0 Å². The minimum atomic E-state index is -0.654. The van der Waals surface area contributed by atoms with Crippen molar-refractivity contribution in [2.45, 2.75) is 57.0 Å². The van der Waals surface area contributed by atoms with E-state index in [-0.39, 0.29) is 11.9 Å². The van der Waals surface area contributed by atoms with E-state index in [2.05, 4.69) is 4.90 Å². The van der Waals surface area contributed by atoms with E-state index in [0.29, 0.717) is 13.2 Å². The molecule has 4 nitrogen and oxygen atoms in total. The summed E-state index contributed by atoms with van der Waals surface area (Å²) in [5, 5.41) is 9.75. The molecule has 100 valence electrons. The second kappa shape index (κ2) is 4.84. The van der Waals surface area contributed by atoms with Crippen molar-refractivity contribution in [2.24, 2.45) is 0 Å². The van der Waals surface area contributed by atoms with Gasteiger partial charge in [0.1, 0.15) is 0 Å². The van der Waals surface area contributed by atoms with Gasteiger partial charge in [-0.25, -0.2) is 0 Å². The van der Waals surface area contributed by atoms with E-state index >= 15 is 0 Å². The first kappa shape index (κ1) is 13.3. The van der Waals surface area contributed by atoms with Gasteiger partial charge in [0.15, 0.2) is 5.79 Å². The summed E-state index contributed by atoms with van der Waals surface area (Å²) < 4.78 is 11.9. The maximum atomic E-state index is 9.75. The molecule has 17 heavy (non-hydrogen) atoms. The highest BCUT2D eigenvalue weighted by Gasteiger charge is 2.43. The molecule has 1 aliphatic heterocycles. The van der Waals surface area contributed by atoms with E-state index in [1.54, 1.807) is 0 Å². The van der Waals surface area contributed by atoms with E-state index in [0.717, 1.165) is 19.4 Å². The molecule has 1 heterocycles. The van der Waals surface area contributed by atoms with Gasteiger partial charge in [-0.3, -0.25) is 0 Å². The molecule has 2 rings (SSSR count). The van der Waals surface area contributed by atoms with Crippen LogP contribution in [0.25, 0.3) is 0 Å². The van der Waals surface area contributed by atoms with Crippen molar-refractivity contribution >= 4 is 0 Å². The van der Waals surface area contributed by atoms with Crippen LogP contribution in [-0.2, 0) is 9.47 Å². The Morgan fingerprint density at radius 1 is 1.35 bits per heavy atom. The lowest BCUT2D eigenvalue weighted by Crippen LogP contribution is -2.41. The van der Waals surface area contributed by atoms with E-state index in [4.69, 9.17) is 9.47 Å². The van der Waals surface area contributed by atoms with E-state index in [1.165, 1.54) is 12.8 Å². The zero-order valence-corrected chi connectivity index (χ0v) is 11.2. The Labute approximate surface area is 104 Å². The van der Waals surface area contributed by atoms with Crippen molar-refractivity contribution in [1.29, 1.82) is 0 Å². The third-order valence-electron chi connectivity index (χ3n) is 3.45. The third-order valence-corrected chi connectivity index (χ3v) is 3.45. The van der Waals surface area contributed by atoms with Crippen LogP contribution < -0.4 is 0 Å². The van der Waals surface area contributed by atoms with Crippen LogP contribution in [0.3, 0.4) is 0 Å². The lowest BCUT2D eigenvalue weighted by atomic mass is 10.1. The Balaban J connectivity index is 1.77. The van der Waals surface area contributed by atoms with Crippen LogP contribution >= 0.6 is 0 Å². The number of aliphatic hydroxyl groups is 1. The molecular formula is C13H25NO3. The fraction of sp³-hybridized carbons (Fsp3) is 1.00. The molecule has 1 saturated carbocycles. The highest BCUT2D eigenvalue weighted by Crippen LogP contribution is 2.39. The van der Waals surface area contributed by atoms with Gasteiger partial charge >= 0.3 is 0 Å². The summed E-state index contributed by atoms with van der Waals surface area (Å²) >= 11 is 0. The summed E-state index contributed by atoms with van der Waals surface area (Å²) in [6, 6.07) is 0. The van der Waals surface area contributed by atoms with Crippen LogP contribution in [0.1, 0.15) is 39.5 Å². The average molecular weight is 243 g/mol. The smallest absolute Gasteiger partial charge is 0.168 e. The van der Waals surface area contributed by atoms with Crippen molar-refractivity contribution < 1.29 is 14.6 Å². The Bertz CT molecular complexity index is 256.